The maximum atomic E-state index is 11.8. The van der Waals surface area contributed by atoms with Gasteiger partial charge in [0, 0.05) is 11.3 Å². The number of benzene rings is 1. The maximum Gasteiger partial charge on any atom is 0.249 e. The minimum atomic E-state index is -0.659. The van der Waals surface area contributed by atoms with Crippen LogP contribution in [0.25, 0.3) is 0 Å². The van der Waals surface area contributed by atoms with Crippen molar-refractivity contribution in [2.75, 3.05) is 11.9 Å². The summed E-state index contributed by atoms with van der Waals surface area (Å²) < 4.78 is 0. The Morgan fingerprint density at radius 3 is 2.35 bits per heavy atom. The van der Waals surface area contributed by atoms with Crippen molar-refractivity contribution in [3.63, 3.8) is 0 Å². The van der Waals surface area contributed by atoms with E-state index in [1.807, 2.05) is 13.8 Å². The van der Waals surface area contributed by atoms with Gasteiger partial charge in [0.15, 0.2) is 0 Å². The summed E-state index contributed by atoms with van der Waals surface area (Å²) >= 11 is 0. The summed E-state index contributed by atoms with van der Waals surface area (Å²) in [4.78, 5) is 34.7. The van der Waals surface area contributed by atoms with Gasteiger partial charge in [-0.1, -0.05) is 19.9 Å². The highest BCUT2D eigenvalue weighted by Crippen LogP contribution is 2.14. The lowest BCUT2D eigenvalue weighted by molar-refractivity contribution is -0.125. The zero-order valence-corrected chi connectivity index (χ0v) is 14.2. The molecule has 0 bridgehead atoms. The summed E-state index contributed by atoms with van der Waals surface area (Å²) in [5, 5.41) is 5.05. The smallest absolute Gasteiger partial charge is 0.249 e. The van der Waals surface area contributed by atoms with Crippen molar-refractivity contribution in [1.29, 1.82) is 0 Å². The fourth-order valence-electron chi connectivity index (χ4n) is 1.76. The standard InChI is InChI=1S/C15H22N4O3.ClH/c1-8(2)13(16)15(22)18-7-12(20)19-10-5-4-9(3)11(6-10)14(17)21;/h4-6,8,13H,7,16H2,1-3H3,(H2,17,21)(H,18,22)(H,19,20);1H/t13-;/m0./s1. The van der Waals surface area contributed by atoms with Gasteiger partial charge >= 0.3 is 0 Å². The second kappa shape index (κ2) is 9.12. The molecule has 0 unspecified atom stereocenters. The van der Waals surface area contributed by atoms with Gasteiger partial charge in [0.2, 0.25) is 17.7 Å². The van der Waals surface area contributed by atoms with Gasteiger partial charge < -0.3 is 22.1 Å². The molecule has 128 valence electrons. The van der Waals surface area contributed by atoms with E-state index in [1.165, 1.54) is 6.07 Å². The summed E-state index contributed by atoms with van der Waals surface area (Å²) in [5.41, 5.74) is 12.4. The third kappa shape index (κ3) is 6.25. The fourth-order valence-corrected chi connectivity index (χ4v) is 1.76. The lowest BCUT2D eigenvalue weighted by Crippen LogP contribution is -2.46. The highest BCUT2D eigenvalue weighted by molar-refractivity contribution is 5.98. The molecule has 0 saturated carbocycles. The molecule has 0 saturated heterocycles. The Bertz CT molecular complexity index is 590. The van der Waals surface area contributed by atoms with Crippen LogP contribution < -0.4 is 22.1 Å². The van der Waals surface area contributed by atoms with Crippen LogP contribution in [-0.4, -0.2) is 30.3 Å². The van der Waals surface area contributed by atoms with Crippen LogP contribution in [0.5, 0.6) is 0 Å². The van der Waals surface area contributed by atoms with E-state index in [0.717, 1.165) is 5.56 Å². The summed E-state index contributed by atoms with van der Waals surface area (Å²) in [7, 11) is 0. The van der Waals surface area contributed by atoms with Gasteiger partial charge in [-0.2, -0.15) is 0 Å². The summed E-state index contributed by atoms with van der Waals surface area (Å²) in [6.07, 6.45) is 0. The Kier molecular flexibility index (Phi) is 8.28. The number of hydrogen-bond donors (Lipinski definition) is 4. The molecule has 7 nitrogen and oxygen atoms in total. The average molecular weight is 343 g/mol. The van der Waals surface area contributed by atoms with Crippen LogP contribution in [0, 0.1) is 12.8 Å². The molecule has 1 aromatic rings. The second-order valence-electron chi connectivity index (χ2n) is 5.43. The quantitative estimate of drug-likeness (QED) is 0.602. The molecule has 8 heteroatoms. The number of aryl methyl sites for hydroxylation is 1. The molecule has 0 fully saturated rings. The van der Waals surface area contributed by atoms with Crippen molar-refractivity contribution < 1.29 is 14.4 Å². The van der Waals surface area contributed by atoms with Crippen LogP contribution in [-0.2, 0) is 9.59 Å². The van der Waals surface area contributed by atoms with Crippen LogP contribution >= 0.6 is 12.4 Å². The van der Waals surface area contributed by atoms with E-state index in [9.17, 15) is 14.4 Å². The number of halogens is 1. The Labute approximate surface area is 141 Å². The summed E-state index contributed by atoms with van der Waals surface area (Å²) in [6.45, 7) is 5.20. The van der Waals surface area contributed by atoms with Crippen molar-refractivity contribution in [1.82, 2.24) is 5.32 Å². The van der Waals surface area contributed by atoms with E-state index in [1.54, 1.807) is 19.1 Å². The van der Waals surface area contributed by atoms with Gasteiger partial charge in [-0.05, 0) is 30.5 Å². The van der Waals surface area contributed by atoms with Crippen molar-refractivity contribution >= 4 is 35.8 Å². The van der Waals surface area contributed by atoms with Crippen LogP contribution in [0.1, 0.15) is 29.8 Å². The molecule has 23 heavy (non-hydrogen) atoms. The minimum absolute atomic E-state index is 0. The Morgan fingerprint density at radius 1 is 1.22 bits per heavy atom. The summed E-state index contributed by atoms with van der Waals surface area (Å²) in [5.74, 6) is -1.38. The molecule has 3 amide bonds. The van der Waals surface area contributed by atoms with Crippen LogP contribution in [0.4, 0.5) is 5.69 Å². The van der Waals surface area contributed by atoms with Gasteiger partial charge in [-0.3, -0.25) is 14.4 Å². The van der Waals surface area contributed by atoms with Crippen LogP contribution in [0.15, 0.2) is 18.2 Å². The van der Waals surface area contributed by atoms with Gasteiger partial charge in [0.1, 0.15) is 0 Å². The third-order valence-electron chi connectivity index (χ3n) is 3.23. The zero-order valence-electron chi connectivity index (χ0n) is 13.4. The van der Waals surface area contributed by atoms with Crippen LogP contribution in [0.2, 0.25) is 0 Å². The highest BCUT2D eigenvalue weighted by atomic mass is 35.5. The zero-order chi connectivity index (χ0) is 16.9. The predicted molar refractivity (Wildman–Crippen MR) is 91.4 cm³/mol. The van der Waals surface area contributed by atoms with E-state index in [4.69, 9.17) is 11.5 Å². The Balaban J connectivity index is 0.00000484. The predicted octanol–water partition coefficient (Wildman–Crippen LogP) is 0.554. The molecule has 0 spiro atoms. The molecule has 1 rings (SSSR count). The first-order chi connectivity index (χ1) is 10.2. The number of primary amides is 1. The first-order valence-corrected chi connectivity index (χ1v) is 6.96. The topological polar surface area (TPSA) is 127 Å². The monoisotopic (exact) mass is 342 g/mol. The van der Waals surface area contributed by atoms with E-state index < -0.39 is 17.9 Å². The van der Waals surface area contributed by atoms with Gasteiger partial charge in [0.05, 0.1) is 12.6 Å². The van der Waals surface area contributed by atoms with E-state index in [0.29, 0.717) is 11.3 Å². The highest BCUT2D eigenvalue weighted by Gasteiger charge is 2.17. The molecule has 0 aliphatic carbocycles. The number of nitrogens with two attached hydrogens (primary N) is 2. The first kappa shape index (κ1) is 20.9. The summed E-state index contributed by atoms with van der Waals surface area (Å²) in [6, 6.07) is 4.18. The van der Waals surface area contributed by atoms with E-state index >= 15 is 0 Å². The van der Waals surface area contributed by atoms with Gasteiger partial charge in [-0.25, -0.2) is 0 Å². The first-order valence-electron chi connectivity index (χ1n) is 6.96. The number of nitrogens with one attached hydrogen (secondary N) is 2. The molecule has 0 radical (unpaired) electrons. The number of anilines is 1. The normalized spacial score (nSPS) is 11.3. The van der Waals surface area contributed by atoms with Crippen LogP contribution in [0.3, 0.4) is 0 Å². The number of carbonyl (C=O) groups is 3. The molecular weight excluding hydrogens is 320 g/mol. The number of hydrogen-bond acceptors (Lipinski definition) is 4. The Hall–Kier alpha value is -2.12. The minimum Gasteiger partial charge on any atom is -0.366 e. The molecule has 0 aliphatic heterocycles. The van der Waals surface area contributed by atoms with E-state index in [2.05, 4.69) is 10.6 Å². The maximum absolute atomic E-state index is 11.8. The average Bonchev–Trinajstić information content (AvgIpc) is 2.45. The molecular formula is C15H23ClN4O3. The van der Waals surface area contributed by atoms with E-state index in [-0.39, 0.29) is 30.8 Å². The SMILES string of the molecule is Cc1ccc(NC(=O)CNC(=O)[C@@H](N)C(C)C)cc1C(N)=O.Cl. The molecule has 1 atom stereocenters. The van der Waals surface area contributed by atoms with Crippen molar-refractivity contribution in [3.8, 4) is 0 Å². The lowest BCUT2D eigenvalue weighted by Gasteiger charge is -2.15. The van der Waals surface area contributed by atoms with Crippen molar-refractivity contribution in [2.45, 2.75) is 26.8 Å². The van der Waals surface area contributed by atoms with Crippen molar-refractivity contribution in [3.05, 3.63) is 29.3 Å². The Morgan fingerprint density at radius 2 is 1.83 bits per heavy atom. The molecule has 0 aromatic heterocycles. The third-order valence-corrected chi connectivity index (χ3v) is 3.23. The molecule has 1 aromatic carbocycles. The second-order valence-corrected chi connectivity index (χ2v) is 5.43. The van der Waals surface area contributed by atoms with Crippen molar-refractivity contribution in [2.24, 2.45) is 17.4 Å². The van der Waals surface area contributed by atoms with Gasteiger partial charge in [0.25, 0.3) is 0 Å². The largest absolute Gasteiger partial charge is 0.366 e. The fraction of sp³-hybridized carbons (Fsp3) is 0.400. The molecule has 0 heterocycles. The number of carbonyl (C=O) groups excluding carboxylic acids is 3. The molecule has 6 N–H and O–H groups in total. The number of amides is 3. The molecule has 0 aliphatic rings. The van der Waals surface area contributed by atoms with Gasteiger partial charge in [-0.15, -0.1) is 12.4 Å². The number of rotatable bonds is 6. The lowest BCUT2D eigenvalue weighted by atomic mass is 10.1.